The summed E-state index contributed by atoms with van der Waals surface area (Å²) in [6.07, 6.45) is 1.79. The molecule has 12 heavy (non-hydrogen) atoms. The molecule has 1 heterocycles. The minimum absolute atomic E-state index is 0.951. The Hall–Kier alpha value is -1.03. The Kier molecular flexibility index (Phi) is 3.10. The fraction of sp³-hybridized carbons (Fsp3) is 0.625. The molecule has 0 saturated carbocycles. The average Bonchev–Trinajstić information content (AvgIpc) is 2.36. The first-order valence-electron chi connectivity index (χ1n) is 4.07. The second kappa shape index (κ2) is 4.11. The lowest BCUT2D eigenvalue weighted by atomic mass is 10.5. The van der Waals surface area contributed by atoms with Crippen molar-refractivity contribution in [1.82, 2.24) is 14.7 Å². The van der Waals surface area contributed by atoms with E-state index in [-0.39, 0.29) is 0 Å². The lowest BCUT2D eigenvalue weighted by molar-refractivity contribution is 0.424. The van der Waals surface area contributed by atoms with Gasteiger partial charge in [-0.3, -0.25) is 4.68 Å². The molecule has 0 aliphatic heterocycles. The van der Waals surface area contributed by atoms with Crippen LogP contribution in [0.2, 0.25) is 0 Å². The predicted molar refractivity (Wildman–Crippen MR) is 50.3 cm³/mol. The Labute approximate surface area is 73.2 Å². The highest BCUT2D eigenvalue weighted by Crippen LogP contribution is 2.01. The zero-order valence-corrected chi connectivity index (χ0v) is 7.91. The molecular formula is C8H16N4. The number of nitrogens with one attached hydrogen (secondary N) is 1. The summed E-state index contributed by atoms with van der Waals surface area (Å²) in [5.41, 5.74) is 0. The van der Waals surface area contributed by atoms with Crippen molar-refractivity contribution in [3.8, 4) is 0 Å². The molecule has 4 nitrogen and oxygen atoms in total. The van der Waals surface area contributed by atoms with Crippen LogP contribution in [0.1, 0.15) is 0 Å². The molecule has 0 amide bonds. The molecule has 4 heteroatoms. The number of rotatable bonds is 4. The van der Waals surface area contributed by atoms with Gasteiger partial charge in [-0.05, 0) is 14.1 Å². The molecule has 1 rings (SSSR count). The average molecular weight is 168 g/mol. The minimum atomic E-state index is 0.951. The maximum atomic E-state index is 4.05. The van der Waals surface area contributed by atoms with Crippen LogP contribution in [0.15, 0.2) is 12.3 Å². The fourth-order valence-electron chi connectivity index (χ4n) is 0.955. The smallest absolute Gasteiger partial charge is 0.123 e. The molecule has 0 unspecified atom stereocenters. The van der Waals surface area contributed by atoms with Crippen LogP contribution in [0.5, 0.6) is 0 Å². The lowest BCUT2D eigenvalue weighted by Gasteiger charge is -2.10. The maximum absolute atomic E-state index is 4.05. The zero-order chi connectivity index (χ0) is 8.97. The summed E-state index contributed by atoms with van der Waals surface area (Å²) in [4.78, 5) is 2.14. The predicted octanol–water partition coefficient (Wildman–Crippen LogP) is 0.394. The molecule has 0 aliphatic carbocycles. The van der Waals surface area contributed by atoms with Gasteiger partial charge in [0, 0.05) is 26.2 Å². The van der Waals surface area contributed by atoms with Crippen molar-refractivity contribution in [3.63, 3.8) is 0 Å². The molecule has 0 bridgehead atoms. The van der Waals surface area contributed by atoms with Gasteiger partial charge in [-0.15, -0.1) is 0 Å². The van der Waals surface area contributed by atoms with Gasteiger partial charge in [0.25, 0.3) is 0 Å². The van der Waals surface area contributed by atoms with Crippen molar-refractivity contribution in [2.24, 2.45) is 7.05 Å². The van der Waals surface area contributed by atoms with Gasteiger partial charge in [0.15, 0.2) is 0 Å². The third kappa shape index (κ3) is 2.54. The summed E-state index contributed by atoms with van der Waals surface area (Å²) in [5, 5.41) is 7.34. The number of aryl methyl sites for hydroxylation is 1. The molecule has 1 aromatic heterocycles. The second-order valence-corrected chi connectivity index (χ2v) is 3.07. The molecule has 0 spiro atoms. The van der Waals surface area contributed by atoms with E-state index >= 15 is 0 Å². The number of likely N-dealkylation sites (N-methyl/N-ethyl adjacent to an activating group) is 1. The maximum Gasteiger partial charge on any atom is 0.123 e. The normalized spacial score (nSPS) is 10.7. The van der Waals surface area contributed by atoms with Gasteiger partial charge in [0.05, 0.1) is 6.20 Å². The second-order valence-electron chi connectivity index (χ2n) is 3.07. The highest BCUT2D eigenvalue weighted by Gasteiger charge is 1.95. The number of anilines is 1. The van der Waals surface area contributed by atoms with Gasteiger partial charge in [0.1, 0.15) is 5.82 Å². The van der Waals surface area contributed by atoms with Gasteiger partial charge in [-0.2, -0.15) is 5.10 Å². The van der Waals surface area contributed by atoms with Crippen LogP contribution in [0.4, 0.5) is 5.82 Å². The quantitative estimate of drug-likeness (QED) is 0.706. The van der Waals surface area contributed by atoms with Gasteiger partial charge in [-0.1, -0.05) is 0 Å². The van der Waals surface area contributed by atoms with E-state index in [0.29, 0.717) is 0 Å². The van der Waals surface area contributed by atoms with Crippen molar-refractivity contribution in [2.75, 3.05) is 32.5 Å². The van der Waals surface area contributed by atoms with Crippen LogP contribution in [0.3, 0.4) is 0 Å². The summed E-state index contributed by atoms with van der Waals surface area (Å²) >= 11 is 0. The molecular weight excluding hydrogens is 152 g/mol. The molecule has 0 atom stereocenters. The Balaban J connectivity index is 2.29. The van der Waals surface area contributed by atoms with E-state index in [0.717, 1.165) is 18.9 Å². The largest absolute Gasteiger partial charge is 0.369 e. The fourth-order valence-corrected chi connectivity index (χ4v) is 0.955. The van der Waals surface area contributed by atoms with Crippen LogP contribution in [0.25, 0.3) is 0 Å². The van der Waals surface area contributed by atoms with Crippen LogP contribution in [-0.4, -0.2) is 41.9 Å². The van der Waals surface area contributed by atoms with E-state index in [4.69, 9.17) is 0 Å². The molecule has 68 valence electrons. The van der Waals surface area contributed by atoms with Gasteiger partial charge < -0.3 is 10.2 Å². The Morgan fingerprint density at radius 1 is 1.58 bits per heavy atom. The summed E-state index contributed by atoms with van der Waals surface area (Å²) in [5.74, 6) is 1.07. The Morgan fingerprint density at radius 2 is 2.33 bits per heavy atom. The molecule has 0 radical (unpaired) electrons. The first-order chi connectivity index (χ1) is 5.70. The molecule has 0 fully saturated rings. The Morgan fingerprint density at radius 3 is 2.83 bits per heavy atom. The summed E-state index contributed by atoms with van der Waals surface area (Å²) in [6, 6.07) is 1.97. The molecule has 0 aliphatic rings. The van der Waals surface area contributed by atoms with E-state index in [1.54, 1.807) is 6.20 Å². The van der Waals surface area contributed by atoms with E-state index in [2.05, 4.69) is 29.4 Å². The van der Waals surface area contributed by atoms with Crippen LogP contribution in [0, 0.1) is 0 Å². The molecule has 0 aromatic carbocycles. The van der Waals surface area contributed by atoms with Crippen molar-refractivity contribution >= 4 is 5.82 Å². The minimum Gasteiger partial charge on any atom is -0.369 e. The van der Waals surface area contributed by atoms with E-state index in [1.807, 2.05) is 17.8 Å². The van der Waals surface area contributed by atoms with Crippen LogP contribution in [-0.2, 0) is 7.05 Å². The standard InChI is InChI=1S/C8H16N4/c1-11(2)7-6-9-8-4-5-10-12(8)3/h4-5,9H,6-7H2,1-3H3. The first kappa shape index (κ1) is 9.06. The third-order valence-corrected chi connectivity index (χ3v) is 1.69. The van der Waals surface area contributed by atoms with E-state index in [9.17, 15) is 0 Å². The zero-order valence-electron chi connectivity index (χ0n) is 7.91. The number of aromatic nitrogens is 2. The van der Waals surface area contributed by atoms with Crippen molar-refractivity contribution in [1.29, 1.82) is 0 Å². The SMILES string of the molecule is CN(C)CCNc1ccnn1C. The van der Waals surface area contributed by atoms with Crippen molar-refractivity contribution < 1.29 is 0 Å². The van der Waals surface area contributed by atoms with Crippen molar-refractivity contribution in [3.05, 3.63) is 12.3 Å². The lowest BCUT2D eigenvalue weighted by Crippen LogP contribution is -2.21. The first-order valence-corrected chi connectivity index (χ1v) is 4.07. The Bertz CT molecular complexity index is 229. The molecule has 0 saturated heterocycles. The number of nitrogens with zero attached hydrogens (tertiary/aromatic N) is 3. The molecule has 1 N–H and O–H groups in total. The topological polar surface area (TPSA) is 33.1 Å². The van der Waals surface area contributed by atoms with Gasteiger partial charge in [-0.25, -0.2) is 0 Å². The highest BCUT2D eigenvalue weighted by molar-refractivity contribution is 5.33. The summed E-state index contributed by atoms with van der Waals surface area (Å²) in [6.45, 7) is 1.98. The number of hydrogen-bond acceptors (Lipinski definition) is 3. The third-order valence-electron chi connectivity index (χ3n) is 1.69. The van der Waals surface area contributed by atoms with Crippen molar-refractivity contribution in [2.45, 2.75) is 0 Å². The number of hydrogen-bond donors (Lipinski definition) is 1. The van der Waals surface area contributed by atoms with Crippen LogP contribution >= 0.6 is 0 Å². The monoisotopic (exact) mass is 168 g/mol. The van der Waals surface area contributed by atoms with E-state index < -0.39 is 0 Å². The summed E-state index contributed by atoms with van der Waals surface area (Å²) < 4.78 is 1.83. The van der Waals surface area contributed by atoms with Gasteiger partial charge >= 0.3 is 0 Å². The van der Waals surface area contributed by atoms with Crippen LogP contribution < -0.4 is 5.32 Å². The highest BCUT2D eigenvalue weighted by atomic mass is 15.3. The molecule has 1 aromatic rings. The van der Waals surface area contributed by atoms with E-state index in [1.165, 1.54) is 0 Å². The summed E-state index contributed by atoms with van der Waals surface area (Å²) in [7, 11) is 6.05. The van der Waals surface area contributed by atoms with Gasteiger partial charge in [0.2, 0.25) is 0 Å².